The summed E-state index contributed by atoms with van der Waals surface area (Å²) < 4.78 is 0. The zero-order chi connectivity index (χ0) is 13.9. The predicted molar refractivity (Wildman–Crippen MR) is 78.8 cm³/mol. The summed E-state index contributed by atoms with van der Waals surface area (Å²) in [4.78, 5) is 2.65. The molecule has 1 aliphatic heterocycles. The maximum absolute atomic E-state index is 9.62. The highest BCUT2D eigenvalue weighted by Crippen LogP contribution is 2.34. The molecule has 1 aliphatic carbocycles. The minimum atomic E-state index is -0.276. The molecule has 3 unspecified atom stereocenters. The molecule has 0 bridgehead atoms. The first-order chi connectivity index (χ1) is 9.08. The molecule has 0 amide bonds. The Balaban J connectivity index is 1.98. The summed E-state index contributed by atoms with van der Waals surface area (Å²) in [6.45, 7) is 9.09. The Morgan fingerprint density at radius 2 is 2.21 bits per heavy atom. The molecule has 0 aromatic rings. The monoisotopic (exact) mass is 263 g/mol. The second-order valence-electron chi connectivity index (χ2n) is 6.80. The maximum atomic E-state index is 9.62. The number of rotatable bonds is 4. The van der Waals surface area contributed by atoms with E-state index in [-0.39, 0.29) is 5.54 Å². The topological polar surface area (TPSA) is 39.1 Å². The molecule has 0 aromatic carbocycles. The normalized spacial score (nSPS) is 36.6. The van der Waals surface area contributed by atoms with Gasteiger partial charge in [-0.3, -0.25) is 10.2 Å². The number of likely N-dealkylation sites (tertiary alicyclic amines) is 1. The Morgan fingerprint density at radius 1 is 1.42 bits per heavy atom. The molecule has 2 aliphatic rings. The molecule has 1 saturated carbocycles. The van der Waals surface area contributed by atoms with Crippen molar-refractivity contribution in [2.45, 2.75) is 76.9 Å². The van der Waals surface area contributed by atoms with Crippen LogP contribution in [0.4, 0.5) is 0 Å². The Hall–Kier alpha value is -0.590. The third-order valence-corrected chi connectivity index (χ3v) is 4.91. The molecule has 0 aromatic heterocycles. The number of hydrogen-bond acceptors (Lipinski definition) is 3. The molecule has 3 atom stereocenters. The van der Waals surface area contributed by atoms with E-state index in [0.717, 1.165) is 18.8 Å². The summed E-state index contributed by atoms with van der Waals surface area (Å²) in [6.07, 6.45) is 7.15. The molecule has 0 radical (unpaired) electrons. The van der Waals surface area contributed by atoms with Crippen LogP contribution in [-0.4, -0.2) is 35.6 Å². The van der Waals surface area contributed by atoms with Crippen molar-refractivity contribution in [3.8, 4) is 6.07 Å². The van der Waals surface area contributed by atoms with Gasteiger partial charge in [-0.05, 0) is 58.4 Å². The summed E-state index contributed by atoms with van der Waals surface area (Å²) in [5.41, 5.74) is -0.276. The number of nitriles is 1. The molecule has 108 valence electrons. The van der Waals surface area contributed by atoms with Gasteiger partial charge in [0, 0.05) is 18.6 Å². The van der Waals surface area contributed by atoms with Gasteiger partial charge >= 0.3 is 0 Å². The van der Waals surface area contributed by atoms with E-state index in [4.69, 9.17) is 0 Å². The molecule has 1 saturated heterocycles. The van der Waals surface area contributed by atoms with E-state index in [0.29, 0.717) is 12.1 Å². The van der Waals surface area contributed by atoms with Crippen LogP contribution in [0.5, 0.6) is 0 Å². The van der Waals surface area contributed by atoms with Gasteiger partial charge in [-0.15, -0.1) is 0 Å². The molecule has 3 heteroatoms. The minimum absolute atomic E-state index is 0.276. The molecule has 0 spiro atoms. The number of hydrogen-bond donors (Lipinski definition) is 1. The molecule has 2 rings (SSSR count). The van der Waals surface area contributed by atoms with Gasteiger partial charge in [0.1, 0.15) is 5.54 Å². The Labute approximate surface area is 118 Å². The first-order valence-corrected chi connectivity index (χ1v) is 8.01. The molecule has 2 fully saturated rings. The van der Waals surface area contributed by atoms with Crippen molar-refractivity contribution in [3.05, 3.63) is 0 Å². The van der Waals surface area contributed by atoms with Crippen LogP contribution in [0.15, 0.2) is 0 Å². The van der Waals surface area contributed by atoms with E-state index in [9.17, 15) is 5.26 Å². The summed E-state index contributed by atoms with van der Waals surface area (Å²) in [6, 6.07) is 3.60. The molecule has 19 heavy (non-hydrogen) atoms. The smallest absolute Gasteiger partial charge is 0.108 e. The molecular formula is C16H29N3. The van der Waals surface area contributed by atoms with Gasteiger partial charge in [0.15, 0.2) is 0 Å². The second kappa shape index (κ2) is 6.24. The van der Waals surface area contributed by atoms with Crippen LogP contribution >= 0.6 is 0 Å². The highest BCUT2D eigenvalue weighted by molar-refractivity contribution is 5.12. The van der Waals surface area contributed by atoms with Crippen molar-refractivity contribution in [1.82, 2.24) is 10.2 Å². The van der Waals surface area contributed by atoms with E-state index < -0.39 is 0 Å². The van der Waals surface area contributed by atoms with Crippen molar-refractivity contribution < 1.29 is 0 Å². The molecular weight excluding hydrogens is 234 g/mol. The van der Waals surface area contributed by atoms with Crippen molar-refractivity contribution in [2.75, 3.05) is 13.1 Å². The van der Waals surface area contributed by atoms with Crippen molar-refractivity contribution in [3.63, 3.8) is 0 Å². The van der Waals surface area contributed by atoms with E-state index in [2.05, 4.69) is 37.1 Å². The van der Waals surface area contributed by atoms with Gasteiger partial charge in [-0.25, -0.2) is 0 Å². The average Bonchev–Trinajstić information content (AvgIpc) is 2.87. The van der Waals surface area contributed by atoms with Gasteiger partial charge in [0.05, 0.1) is 6.07 Å². The van der Waals surface area contributed by atoms with Crippen LogP contribution < -0.4 is 5.32 Å². The molecule has 1 N–H and O–H groups in total. The minimum Gasteiger partial charge on any atom is -0.300 e. The van der Waals surface area contributed by atoms with Crippen molar-refractivity contribution in [1.29, 1.82) is 5.26 Å². The van der Waals surface area contributed by atoms with Gasteiger partial charge < -0.3 is 0 Å². The van der Waals surface area contributed by atoms with Crippen LogP contribution in [0.25, 0.3) is 0 Å². The van der Waals surface area contributed by atoms with E-state index in [1.165, 1.54) is 38.8 Å². The lowest BCUT2D eigenvalue weighted by molar-refractivity contribution is 0.135. The lowest BCUT2D eigenvalue weighted by Gasteiger charge is -2.41. The first-order valence-electron chi connectivity index (χ1n) is 8.01. The third-order valence-electron chi connectivity index (χ3n) is 4.91. The highest BCUT2D eigenvalue weighted by Gasteiger charge is 2.40. The zero-order valence-corrected chi connectivity index (χ0v) is 12.8. The summed E-state index contributed by atoms with van der Waals surface area (Å²) >= 11 is 0. The van der Waals surface area contributed by atoms with Gasteiger partial charge in [-0.1, -0.05) is 13.3 Å². The van der Waals surface area contributed by atoms with E-state index in [1.807, 2.05) is 0 Å². The standard InChI is InChI=1S/C16H29N3/c1-4-14-7-9-19(11-14)15-6-5-8-16(10-15,12-17)18-13(2)3/h13-15,18H,4-11H2,1-3H3. The van der Waals surface area contributed by atoms with Crippen molar-refractivity contribution in [2.24, 2.45) is 5.92 Å². The predicted octanol–water partition coefficient (Wildman–Crippen LogP) is 2.92. The van der Waals surface area contributed by atoms with Crippen LogP contribution in [-0.2, 0) is 0 Å². The molecule has 3 nitrogen and oxygen atoms in total. The third kappa shape index (κ3) is 3.49. The lowest BCUT2D eigenvalue weighted by Crippen LogP contribution is -2.54. The lowest BCUT2D eigenvalue weighted by atomic mass is 9.79. The Morgan fingerprint density at radius 3 is 2.79 bits per heavy atom. The first kappa shape index (κ1) is 14.8. The SMILES string of the molecule is CCC1CCN(C2CCCC(C#N)(NC(C)C)C2)C1. The summed E-state index contributed by atoms with van der Waals surface area (Å²) in [5, 5.41) is 13.2. The van der Waals surface area contributed by atoms with Gasteiger partial charge in [0.2, 0.25) is 0 Å². The quantitative estimate of drug-likeness (QED) is 0.847. The molecule has 1 heterocycles. The van der Waals surface area contributed by atoms with Gasteiger partial charge in [-0.2, -0.15) is 5.26 Å². The van der Waals surface area contributed by atoms with E-state index >= 15 is 0 Å². The van der Waals surface area contributed by atoms with Crippen LogP contribution in [0.2, 0.25) is 0 Å². The highest BCUT2D eigenvalue weighted by atomic mass is 15.2. The van der Waals surface area contributed by atoms with Crippen LogP contribution in [0.1, 0.15) is 59.3 Å². The van der Waals surface area contributed by atoms with Crippen LogP contribution in [0, 0.1) is 17.2 Å². The van der Waals surface area contributed by atoms with Gasteiger partial charge in [0.25, 0.3) is 0 Å². The number of nitrogens with one attached hydrogen (secondary N) is 1. The second-order valence-corrected chi connectivity index (χ2v) is 6.80. The summed E-state index contributed by atoms with van der Waals surface area (Å²) in [7, 11) is 0. The fraction of sp³-hybridized carbons (Fsp3) is 0.938. The largest absolute Gasteiger partial charge is 0.300 e. The summed E-state index contributed by atoms with van der Waals surface area (Å²) in [5.74, 6) is 0.886. The van der Waals surface area contributed by atoms with Crippen molar-refractivity contribution >= 4 is 0 Å². The fourth-order valence-electron chi connectivity index (χ4n) is 3.90. The van der Waals surface area contributed by atoms with Crippen LogP contribution in [0.3, 0.4) is 0 Å². The zero-order valence-electron chi connectivity index (χ0n) is 12.8. The Bertz CT molecular complexity index is 333. The van der Waals surface area contributed by atoms with E-state index in [1.54, 1.807) is 0 Å². The maximum Gasteiger partial charge on any atom is 0.108 e. The number of nitrogens with zero attached hydrogens (tertiary/aromatic N) is 2. The fourth-order valence-corrected chi connectivity index (χ4v) is 3.90. The average molecular weight is 263 g/mol. The Kier molecular flexibility index (Phi) is 4.86.